The number of hydrogen-bond acceptors (Lipinski definition) is 3. The van der Waals surface area contributed by atoms with Gasteiger partial charge >= 0.3 is 0 Å². The third-order valence-corrected chi connectivity index (χ3v) is 9.59. The molecule has 0 aliphatic rings. The van der Waals surface area contributed by atoms with Gasteiger partial charge in [0.05, 0.1) is 0 Å². The summed E-state index contributed by atoms with van der Waals surface area (Å²) in [6.07, 6.45) is 12.5. The molecule has 4 heteroatoms. The van der Waals surface area contributed by atoms with Crippen molar-refractivity contribution in [3.8, 4) is 0 Å². The highest BCUT2D eigenvalue weighted by atomic mass is 28.4. The lowest BCUT2D eigenvalue weighted by Crippen LogP contribution is -2.40. The van der Waals surface area contributed by atoms with Gasteiger partial charge in [-0.2, -0.15) is 0 Å². The SMILES string of the molecule is CC(C)(C)[Si](C)(C)OCCCCC/C(C=O)=C\CCCCCCO. The van der Waals surface area contributed by atoms with Crippen LogP contribution in [0.5, 0.6) is 0 Å². The number of carbonyl (C=O) groups is 1. The summed E-state index contributed by atoms with van der Waals surface area (Å²) < 4.78 is 6.18. The molecule has 0 aliphatic carbocycles. The number of hydrogen-bond donors (Lipinski definition) is 1. The normalized spacial score (nSPS) is 13.3. The molecule has 0 amide bonds. The van der Waals surface area contributed by atoms with E-state index in [0.717, 1.165) is 76.3 Å². The Kier molecular flexibility index (Phi) is 12.6. The molecule has 0 aliphatic heterocycles. The molecule has 0 unspecified atom stereocenters. The number of allylic oxidation sites excluding steroid dienone is 2. The first-order valence-electron chi connectivity index (χ1n) is 9.63. The maximum Gasteiger partial charge on any atom is 0.191 e. The van der Waals surface area contributed by atoms with Crippen molar-refractivity contribution in [3.63, 3.8) is 0 Å². The van der Waals surface area contributed by atoms with Gasteiger partial charge in [-0.25, -0.2) is 0 Å². The number of aliphatic hydroxyl groups excluding tert-OH is 1. The zero-order chi connectivity index (χ0) is 18.5. The molecule has 0 aromatic carbocycles. The number of aldehydes is 1. The molecule has 0 fully saturated rings. The molecule has 0 aromatic rings. The summed E-state index contributed by atoms with van der Waals surface area (Å²) >= 11 is 0. The Bertz CT molecular complexity index is 356. The second kappa shape index (κ2) is 12.8. The molecule has 0 rings (SSSR count). The largest absolute Gasteiger partial charge is 0.417 e. The fourth-order valence-electron chi connectivity index (χ4n) is 2.26. The van der Waals surface area contributed by atoms with E-state index in [1.54, 1.807) is 0 Å². The van der Waals surface area contributed by atoms with Crippen LogP contribution in [-0.4, -0.2) is 32.9 Å². The Morgan fingerprint density at radius 2 is 1.62 bits per heavy atom. The van der Waals surface area contributed by atoms with Gasteiger partial charge in [-0.15, -0.1) is 0 Å². The van der Waals surface area contributed by atoms with Crippen LogP contribution in [0.3, 0.4) is 0 Å². The molecule has 0 radical (unpaired) electrons. The van der Waals surface area contributed by atoms with Gasteiger partial charge in [0.2, 0.25) is 0 Å². The van der Waals surface area contributed by atoms with Gasteiger partial charge in [0.1, 0.15) is 6.29 Å². The Labute approximate surface area is 151 Å². The predicted octanol–water partition coefficient (Wildman–Crippen LogP) is 5.64. The van der Waals surface area contributed by atoms with E-state index < -0.39 is 8.32 Å². The predicted molar refractivity (Wildman–Crippen MR) is 106 cm³/mol. The quantitative estimate of drug-likeness (QED) is 0.190. The van der Waals surface area contributed by atoms with Crippen molar-refractivity contribution in [2.24, 2.45) is 0 Å². The molecule has 0 saturated heterocycles. The van der Waals surface area contributed by atoms with Crippen LogP contribution in [-0.2, 0) is 9.22 Å². The molecular weight excluding hydrogens is 316 g/mol. The summed E-state index contributed by atoms with van der Waals surface area (Å²) in [5.74, 6) is 0. The third kappa shape index (κ3) is 11.2. The van der Waals surface area contributed by atoms with E-state index in [0.29, 0.717) is 0 Å². The van der Waals surface area contributed by atoms with Gasteiger partial charge in [0, 0.05) is 13.2 Å². The number of unbranched alkanes of at least 4 members (excludes halogenated alkanes) is 6. The Hall–Kier alpha value is -0.453. The van der Waals surface area contributed by atoms with Gasteiger partial charge in [-0.1, -0.05) is 46.1 Å². The number of aliphatic hydroxyl groups is 1. The lowest BCUT2D eigenvalue weighted by atomic mass is 10.1. The minimum atomic E-state index is -1.61. The maximum atomic E-state index is 11.1. The van der Waals surface area contributed by atoms with Crippen molar-refractivity contribution in [2.45, 2.75) is 96.7 Å². The fraction of sp³-hybridized carbons (Fsp3) is 0.850. The molecule has 3 nitrogen and oxygen atoms in total. The van der Waals surface area contributed by atoms with E-state index in [9.17, 15) is 4.79 Å². The molecule has 1 N–H and O–H groups in total. The molecule has 0 aromatic heterocycles. The lowest BCUT2D eigenvalue weighted by molar-refractivity contribution is -0.105. The van der Waals surface area contributed by atoms with E-state index in [1.807, 2.05) is 0 Å². The van der Waals surface area contributed by atoms with E-state index in [4.69, 9.17) is 9.53 Å². The monoisotopic (exact) mass is 356 g/mol. The average Bonchev–Trinajstić information content (AvgIpc) is 2.50. The van der Waals surface area contributed by atoms with Crippen molar-refractivity contribution in [1.29, 1.82) is 0 Å². The summed E-state index contributed by atoms with van der Waals surface area (Å²) in [6.45, 7) is 12.5. The van der Waals surface area contributed by atoms with Gasteiger partial charge in [-0.05, 0) is 62.2 Å². The van der Waals surface area contributed by atoms with Crippen LogP contribution in [0.15, 0.2) is 11.6 Å². The molecule has 0 spiro atoms. The van der Waals surface area contributed by atoms with Crippen LogP contribution < -0.4 is 0 Å². The van der Waals surface area contributed by atoms with Crippen molar-refractivity contribution < 1.29 is 14.3 Å². The van der Waals surface area contributed by atoms with Crippen LogP contribution in [0, 0.1) is 0 Å². The summed E-state index contributed by atoms with van der Waals surface area (Å²) in [6, 6.07) is 0. The summed E-state index contributed by atoms with van der Waals surface area (Å²) in [7, 11) is -1.61. The highest BCUT2D eigenvalue weighted by Gasteiger charge is 2.36. The van der Waals surface area contributed by atoms with E-state index in [2.05, 4.69) is 39.9 Å². The first kappa shape index (κ1) is 23.5. The minimum absolute atomic E-state index is 0.275. The third-order valence-electron chi connectivity index (χ3n) is 5.05. The van der Waals surface area contributed by atoms with E-state index in [-0.39, 0.29) is 11.6 Å². The molecule has 142 valence electrons. The van der Waals surface area contributed by atoms with Crippen LogP contribution >= 0.6 is 0 Å². The Morgan fingerprint density at radius 3 is 2.21 bits per heavy atom. The number of rotatable bonds is 14. The first-order valence-corrected chi connectivity index (χ1v) is 12.5. The highest BCUT2D eigenvalue weighted by Crippen LogP contribution is 2.36. The molecule has 0 bridgehead atoms. The molecule has 0 atom stereocenters. The van der Waals surface area contributed by atoms with Gasteiger partial charge in [0.25, 0.3) is 0 Å². The highest BCUT2D eigenvalue weighted by molar-refractivity contribution is 6.74. The Morgan fingerprint density at radius 1 is 1.00 bits per heavy atom. The zero-order valence-corrected chi connectivity index (χ0v) is 17.7. The fourth-order valence-corrected chi connectivity index (χ4v) is 3.35. The van der Waals surface area contributed by atoms with Crippen LogP contribution in [0.2, 0.25) is 18.1 Å². The topological polar surface area (TPSA) is 46.5 Å². The van der Waals surface area contributed by atoms with Gasteiger partial charge < -0.3 is 9.53 Å². The van der Waals surface area contributed by atoms with Crippen LogP contribution in [0.4, 0.5) is 0 Å². The summed E-state index contributed by atoms with van der Waals surface area (Å²) in [5.41, 5.74) is 0.947. The molecule has 24 heavy (non-hydrogen) atoms. The van der Waals surface area contributed by atoms with E-state index in [1.165, 1.54) is 0 Å². The smallest absolute Gasteiger partial charge is 0.191 e. The zero-order valence-electron chi connectivity index (χ0n) is 16.7. The van der Waals surface area contributed by atoms with E-state index >= 15 is 0 Å². The van der Waals surface area contributed by atoms with Crippen molar-refractivity contribution in [1.82, 2.24) is 0 Å². The van der Waals surface area contributed by atoms with Crippen molar-refractivity contribution in [2.75, 3.05) is 13.2 Å². The minimum Gasteiger partial charge on any atom is -0.417 e. The van der Waals surface area contributed by atoms with Crippen LogP contribution in [0.25, 0.3) is 0 Å². The second-order valence-electron chi connectivity index (χ2n) is 8.24. The van der Waals surface area contributed by atoms with Crippen LogP contribution in [0.1, 0.15) is 78.6 Å². The average molecular weight is 357 g/mol. The van der Waals surface area contributed by atoms with Crippen molar-refractivity contribution in [3.05, 3.63) is 11.6 Å². The van der Waals surface area contributed by atoms with Crippen molar-refractivity contribution >= 4 is 14.6 Å². The summed E-state index contributed by atoms with van der Waals surface area (Å²) in [4.78, 5) is 11.1. The molecular formula is C20H40O3Si. The molecule has 0 heterocycles. The van der Waals surface area contributed by atoms with Gasteiger partial charge in [-0.3, -0.25) is 4.79 Å². The van der Waals surface area contributed by atoms with Gasteiger partial charge in [0.15, 0.2) is 8.32 Å². The first-order chi connectivity index (χ1) is 11.2. The lowest BCUT2D eigenvalue weighted by Gasteiger charge is -2.36. The standard InChI is InChI=1S/C20H40O3Si/c1-20(2,3)24(4,5)23-17-13-9-11-15-19(18-22)14-10-7-6-8-12-16-21/h14,18,21H,6-13,15-17H2,1-5H3/b19-14+. The molecule has 0 saturated carbocycles. The summed E-state index contributed by atoms with van der Waals surface area (Å²) in [5, 5.41) is 9.00. The Balaban J connectivity index is 3.78. The second-order valence-corrected chi connectivity index (χ2v) is 13.1. The number of carbonyl (C=O) groups excluding carboxylic acids is 1. The maximum absolute atomic E-state index is 11.1.